The molecule has 0 saturated carbocycles. The van der Waals surface area contributed by atoms with Crippen molar-refractivity contribution in [1.82, 2.24) is 4.90 Å². The molecule has 1 fully saturated rings. The van der Waals surface area contributed by atoms with E-state index >= 15 is 0 Å². The van der Waals surface area contributed by atoms with E-state index in [-0.39, 0.29) is 48.3 Å². The van der Waals surface area contributed by atoms with E-state index in [1.54, 1.807) is 36.4 Å². The first kappa shape index (κ1) is 38.0. The van der Waals surface area contributed by atoms with Crippen molar-refractivity contribution in [2.45, 2.75) is 45.1 Å². The van der Waals surface area contributed by atoms with E-state index in [9.17, 15) is 39.2 Å². The molecule has 17 nitrogen and oxygen atoms in total. The number of rotatable bonds is 15. The molecule has 0 spiro atoms. The number of phosphoric ester groups is 1. The lowest BCUT2D eigenvalue weighted by Gasteiger charge is -2.49. The monoisotopic (exact) mass is 773 g/mol. The van der Waals surface area contributed by atoms with Crippen LogP contribution in [0, 0.1) is 26.1 Å². The van der Waals surface area contributed by atoms with Crippen molar-refractivity contribution in [2.75, 3.05) is 0 Å². The summed E-state index contributed by atoms with van der Waals surface area (Å²) in [7, 11) is -4.67. The van der Waals surface area contributed by atoms with Gasteiger partial charge in [0, 0.05) is 30.7 Å². The maximum absolute atomic E-state index is 14.4. The van der Waals surface area contributed by atoms with Crippen LogP contribution >= 0.6 is 7.82 Å². The van der Waals surface area contributed by atoms with Gasteiger partial charge < -0.3 is 27.8 Å². The standard InChI is InChI=1S/C37H32N3O14P/c1-37(2,51-36(43)50-23-25-15-19-27(20-16-25)40(46)47)32-30-21-31(54-55(48,52-28-9-5-3-6-10-28)53-29-11-7-4-8-12-29)33(38(30)34(32)41)35(42)49-22-24-13-17-26(18-14-24)39(44)45/h3-20,30,32H,21-23H2,1-2H3/t30-,32+/m1/s1. The minimum absolute atomic E-state index is 0.113. The van der Waals surface area contributed by atoms with E-state index in [0.717, 1.165) is 4.90 Å². The van der Waals surface area contributed by atoms with Crippen molar-refractivity contribution in [1.29, 1.82) is 0 Å². The summed E-state index contributed by atoms with van der Waals surface area (Å²) in [5.41, 5.74) is -1.37. The molecule has 18 heteroatoms. The number of hydrogen-bond donors (Lipinski definition) is 0. The van der Waals surface area contributed by atoms with Gasteiger partial charge in [0.05, 0.1) is 21.8 Å². The Morgan fingerprint density at radius 3 is 1.69 bits per heavy atom. The maximum atomic E-state index is 14.4. The molecular weight excluding hydrogens is 741 g/mol. The molecule has 6 rings (SSSR count). The predicted octanol–water partition coefficient (Wildman–Crippen LogP) is 7.40. The van der Waals surface area contributed by atoms with Gasteiger partial charge in [0.2, 0.25) is 5.91 Å². The molecule has 1 amide bonds. The van der Waals surface area contributed by atoms with Crippen LogP contribution in [0.5, 0.6) is 11.5 Å². The van der Waals surface area contributed by atoms with Crippen LogP contribution < -0.4 is 9.05 Å². The van der Waals surface area contributed by atoms with Crippen LogP contribution in [0.1, 0.15) is 31.4 Å². The topological polar surface area (TPSA) is 213 Å². The number of fused-ring (bicyclic) bond motifs is 1. The number of amides is 1. The van der Waals surface area contributed by atoms with Crippen molar-refractivity contribution in [2.24, 2.45) is 5.92 Å². The average molecular weight is 774 g/mol. The van der Waals surface area contributed by atoms with Gasteiger partial charge in [0.25, 0.3) is 11.4 Å². The summed E-state index contributed by atoms with van der Waals surface area (Å²) in [5, 5.41) is 22.0. The Balaban J connectivity index is 1.24. The van der Waals surface area contributed by atoms with Crippen molar-refractivity contribution >= 4 is 37.2 Å². The van der Waals surface area contributed by atoms with Crippen LogP contribution in [-0.4, -0.2) is 44.4 Å². The van der Waals surface area contributed by atoms with Crippen LogP contribution in [0.25, 0.3) is 0 Å². The lowest BCUT2D eigenvalue weighted by molar-refractivity contribution is -0.385. The molecule has 0 aromatic heterocycles. The normalized spacial score (nSPS) is 16.3. The molecule has 2 atom stereocenters. The SMILES string of the molecule is CC(C)(OC(=O)OCc1ccc([N+](=O)[O-])cc1)[C@@H]1C(=O)N2C(C(=O)OCc3ccc([N+](=O)[O-])cc3)=C(OP(=O)(Oc3ccccc3)Oc3ccccc3)C[C@H]12. The highest BCUT2D eigenvalue weighted by Gasteiger charge is 2.63. The third kappa shape index (κ3) is 8.74. The molecular formula is C37H32N3O14P. The van der Waals surface area contributed by atoms with E-state index < -0.39 is 59.0 Å². The Kier molecular flexibility index (Phi) is 10.8. The Hall–Kier alpha value is -6.74. The molecule has 0 bridgehead atoms. The molecule has 2 heterocycles. The van der Waals surface area contributed by atoms with Gasteiger partial charge in [0.15, 0.2) is 5.70 Å². The molecule has 284 valence electrons. The highest BCUT2D eigenvalue weighted by Crippen LogP contribution is 2.56. The molecule has 0 radical (unpaired) electrons. The third-order valence-corrected chi connectivity index (χ3v) is 9.88. The number of hydrogen-bond acceptors (Lipinski definition) is 14. The van der Waals surface area contributed by atoms with Gasteiger partial charge in [-0.3, -0.25) is 29.9 Å². The fourth-order valence-electron chi connectivity index (χ4n) is 6.01. The summed E-state index contributed by atoms with van der Waals surface area (Å²) >= 11 is 0. The summed E-state index contributed by atoms with van der Waals surface area (Å²) in [4.78, 5) is 62.4. The first-order chi connectivity index (χ1) is 26.2. The number of non-ortho nitro benzene ring substituents is 2. The Bertz CT molecular complexity index is 2130. The second-order valence-corrected chi connectivity index (χ2v) is 14.2. The van der Waals surface area contributed by atoms with Crippen molar-refractivity contribution in [3.8, 4) is 11.5 Å². The van der Waals surface area contributed by atoms with E-state index in [1.807, 2.05) is 0 Å². The van der Waals surface area contributed by atoms with Crippen LogP contribution in [-0.2, 0) is 46.1 Å². The molecule has 0 N–H and O–H groups in total. The number of carbonyl (C=O) groups excluding carboxylic acids is 3. The zero-order valence-electron chi connectivity index (χ0n) is 29.2. The first-order valence-corrected chi connectivity index (χ1v) is 18.0. The smallest absolute Gasteiger partial charge is 0.456 e. The van der Waals surface area contributed by atoms with Gasteiger partial charge in [-0.2, -0.15) is 4.57 Å². The second-order valence-electron chi connectivity index (χ2n) is 12.7. The summed E-state index contributed by atoms with van der Waals surface area (Å²) in [6, 6.07) is 25.8. The second kappa shape index (κ2) is 15.7. The minimum atomic E-state index is -4.67. The van der Waals surface area contributed by atoms with Gasteiger partial charge in [-0.1, -0.05) is 36.4 Å². The molecule has 2 aliphatic heterocycles. The molecule has 4 aromatic carbocycles. The number of ether oxygens (including phenoxy) is 3. The number of esters is 1. The number of phosphoric acid groups is 1. The third-order valence-electron chi connectivity index (χ3n) is 8.57. The van der Waals surface area contributed by atoms with Crippen LogP contribution in [0.2, 0.25) is 0 Å². The number of nitro groups is 2. The fourth-order valence-corrected chi connectivity index (χ4v) is 7.31. The fraction of sp³-hybridized carbons (Fsp3) is 0.216. The summed E-state index contributed by atoms with van der Waals surface area (Å²) in [6.07, 6.45) is -1.33. The molecule has 4 aromatic rings. The number of carbonyl (C=O) groups is 3. The van der Waals surface area contributed by atoms with Crippen LogP contribution in [0.3, 0.4) is 0 Å². The zero-order chi connectivity index (χ0) is 39.3. The number of benzene rings is 4. The molecule has 1 saturated heterocycles. The largest absolute Gasteiger partial charge is 0.646 e. The number of nitrogens with zero attached hydrogens (tertiary/aromatic N) is 3. The first-order valence-electron chi connectivity index (χ1n) is 16.6. The number of nitro benzene ring substituents is 2. The van der Waals surface area contributed by atoms with E-state index in [4.69, 9.17) is 27.8 Å². The quantitative estimate of drug-likeness (QED) is 0.0378. The summed E-state index contributed by atoms with van der Waals surface area (Å²) in [6.45, 7) is 2.34. The van der Waals surface area contributed by atoms with E-state index in [2.05, 4.69) is 0 Å². The lowest BCUT2D eigenvalue weighted by atomic mass is 9.76. The van der Waals surface area contributed by atoms with E-state index in [1.165, 1.54) is 86.6 Å². The maximum Gasteiger partial charge on any atom is 0.646 e. The van der Waals surface area contributed by atoms with Crippen molar-refractivity contribution < 1.29 is 56.6 Å². The average Bonchev–Trinajstić information content (AvgIpc) is 3.46. The molecule has 55 heavy (non-hydrogen) atoms. The van der Waals surface area contributed by atoms with Crippen LogP contribution in [0.15, 0.2) is 121 Å². The highest BCUT2D eigenvalue weighted by molar-refractivity contribution is 7.49. The van der Waals surface area contributed by atoms with Gasteiger partial charge in [-0.05, 0) is 73.5 Å². The number of β-lactam (4-membered cyclic amide) rings is 1. The minimum Gasteiger partial charge on any atom is -0.456 e. The van der Waals surface area contributed by atoms with Gasteiger partial charge in [-0.25, -0.2) is 9.59 Å². The Morgan fingerprint density at radius 2 is 1.22 bits per heavy atom. The van der Waals surface area contributed by atoms with Gasteiger partial charge >= 0.3 is 19.9 Å². The predicted molar refractivity (Wildman–Crippen MR) is 190 cm³/mol. The number of para-hydroxylation sites is 2. The zero-order valence-corrected chi connectivity index (χ0v) is 30.1. The van der Waals surface area contributed by atoms with E-state index in [0.29, 0.717) is 11.1 Å². The summed E-state index contributed by atoms with van der Waals surface area (Å²) in [5.74, 6) is -2.79. The Morgan fingerprint density at radius 1 is 0.745 bits per heavy atom. The summed E-state index contributed by atoms with van der Waals surface area (Å²) < 4.78 is 48.2. The lowest BCUT2D eigenvalue weighted by Crippen LogP contribution is -2.66. The molecule has 0 unspecified atom stereocenters. The van der Waals surface area contributed by atoms with Crippen molar-refractivity contribution in [3.05, 3.63) is 152 Å². The van der Waals surface area contributed by atoms with Gasteiger partial charge in [-0.15, -0.1) is 0 Å². The van der Waals surface area contributed by atoms with Crippen LogP contribution in [0.4, 0.5) is 16.2 Å². The van der Waals surface area contributed by atoms with Crippen molar-refractivity contribution in [3.63, 3.8) is 0 Å². The van der Waals surface area contributed by atoms with Gasteiger partial charge in [0.1, 0.15) is 36.1 Å². The molecule has 2 aliphatic rings. The molecule has 0 aliphatic carbocycles. The highest BCUT2D eigenvalue weighted by atomic mass is 31.2. The Labute approximate surface area is 312 Å².